The number of pyridine rings is 1. The van der Waals surface area contributed by atoms with Crippen LogP contribution in [0.15, 0.2) is 76.9 Å². The Balaban J connectivity index is 1.68. The Morgan fingerprint density at radius 3 is 2.31 bits per heavy atom. The molecular formula is C18H11FN4O2S. The summed E-state index contributed by atoms with van der Waals surface area (Å²) in [6.07, 6.45) is 1.89. The van der Waals surface area contributed by atoms with Crippen molar-refractivity contribution in [3.05, 3.63) is 82.8 Å². The van der Waals surface area contributed by atoms with E-state index in [9.17, 15) is 14.5 Å². The maximum absolute atomic E-state index is 13.1. The zero-order valence-corrected chi connectivity index (χ0v) is 14.1. The van der Waals surface area contributed by atoms with Crippen LogP contribution in [-0.4, -0.2) is 19.5 Å². The van der Waals surface area contributed by atoms with Crippen molar-refractivity contribution in [2.75, 3.05) is 0 Å². The smallest absolute Gasteiger partial charge is 0.269 e. The van der Waals surface area contributed by atoms with Crippen LogP contribution in [0.4, 0.5) is 10.1 Å². The first-order valence-corrected chi connectivity index (χ1v) is 8.45. The first-order chi connectivity index (χ1) is 12.6. The highest BCUT2D eigenvalue weighted by Gasteiger charge is 2.10. The van der Waals surface area contributed by atoms with Gasteiger partial charge >= 0.3 is 0 Å². The largest absolute Gasteiger partial charge is 0.277 e. The summed E-state index contributed by atoms with van der Waals surface area (Å²) in [5, 5.41) is 19.7. The van der Waals surface area contributed by atoms with Crippen molar-refractivity contribution in [2.45, 2.75) is 10.1 Å². The molecule has 0 radical (unpaired) electrons. The van der Waals surface area contributed by atoms with Gasteiger partial charge in [-0.3, -0.25) is 14.5 Å². The van der Waals surface area contributed by atoms with Gasteiger partial charge in [-0.2, -0.15) is 0 Å². The number of benzene rings is 2. The number of hydrogen-bond acceptors (Lipinski definition) is 5. The van der Waals surface area contributed by atoms with Crippen molar-refractivity contribution < 1.29 is 9.31 Å². The zero-order valence-electron chi connectivity index (χ0n) is 13.2. The van der Waals surface area contributed by atoms with Crippen LogP contribution in [0, 0.1) is 15.9 Å². The molecule has 0 amide bonds. The van der Waals surface area contributed by atoms with Gasteiger partial charge in [-0.1, -0.05) is 12.1 Å². The fraction of sp³-hybridized carbons (Fsp3) is 0. The zero-order chi connectivity index (χ0) is 18.1. The minimum Gasteiger partial charge on any atom is -0.277 e. The summed E-state index contributed by atoms with van der Waals surface area (Å²) in [4.78, 5) is 11.1. The Morgan fingerprint density at radius 1 is 0.923 bits per heavy atom. The van der Waals surface area contributed by atoms with Gasteiger partial charge in [0, 0.05) is 23.2 Å². The highest BCUT2D eigenvalue weighted by atomic mass is 32.2. The van der Waals surface area contributed by atoms with Crippen LogP contribution in [0.5, 0.6) is 0 Å². The summed E-state index contributed by atoms with van der Waals surface area (Å²) in [7, 11) is 0. The van der Waals surface area contributed by atoms with E-state index < -0.39 is 4.92 Å². The summed E-state index contributed by atoms with van der Waals surface area (Å²) in [6, 6.07) is 16.3. The molecule has 128 valence electrons. The van der Waals surface area contributed by atoms with Crippen LogP contribution in [0.1, 0.15) is 0 Å². The van der Waals surface area contributed by atoms with Crippen molar-refractivity contribution in [1.82, 2.24) is 14.6 Å². The van der Waals surface area contributed by atoms with Crippen LogP contribution < -0.4 is 0 Å². The van der Waals surface area contributed by atoms with E-state index in [1.54, 1.807) is 24.3 Å². The Bertz CT molecular complexity index is 1090. The maximum atomic E-state index is 13.1. The second-order valence-corrected chi connectivity index (χ2v) is 6.53. The lowest BCUT2D eigenvalue weighted by molar-refractivity contribution is -0.384. The summed E-state index contributed by atoms with van der Waals surface area (Å²) < 4.78 is 15.0. The number of nitro groups is 1. The van der Waals surface area contributed by atoms with Gasteiger partial charge in [0.25, 0.3) is 5.69 Å². The third-order valence-electron chi connectivity index (χ3n) is 3.81. The molecule has 0 unspecified atom stereocenters. The molecule has 0 fully saturated rings. The van der Waals surface area contributed by atoms with E-state index in [2.05, 4.69) is 10.2 Å². The van der Waals surface area contributed by atoms with Crippen LogP contribution in [-0.2, 0) is 0 Å². The topological polar surface area (TPSA) is 73.3 Å². The summed E-state index contributed by atoms with van der Waals surface area (Å²) in [5.74, 6) is -0.284. The fourth-order valence-corrected chi connectivity index (χ4v) is 3.30. The minimum absolute atomic E-state index is 0.0408. The number of rotatable bonds is 4. The number of nitro benzene ring substituents is 1. The molecule has 2 aromatic carbocycles. The molecule has 0 saturated heterocycles. The first-order valence-electron chi connectivity index (χ1n) is 7.63. The monoisotopic (exact) mass is 366 g/mol. The summed E-state index contributed by atoms with van der Waals surface area (Å²) >= 11 is 1.36. The van der Waals surface area contributed by atoms with Gasteiger partial charge in [0.2, 0.25) is 0 Å². The molecule has 2 aromatic heterocycles. The molecule has 0 bridgehead atoms. The minimum atomic E-state index is -0.435. The molecule has 0 spiro atoms. The molecule has 0 aliphatic rings. The van der Waals surface area contributed by atoms with Gasteiger partial charge in [-0.15, -0.1) is 10.2 Å². The predicted octanol–water partition coefficient (Wildman–Crippen LogP) is 4.59. The quantitative estimate of drug-likeness (QED) is 0.390. The Morgan fingerprint density at radius 2 is 1.62 bits per heavy atom. The van der Waals surface area contributed by atoms with Gasteiger partial charge in [0.15, 0.2) is 10.8 Å². The van der Waals surface area contributed by atoms with E-state index in [0.29, 0.717) is 10.8 Å². The van der Waals surface area contributed by atoms with Crippen LogP contribution in [0.25, 0.3) is 16.8 Å². The van der Waals surface area contributed by atoms with Gasteiger partial charge in [-0.05, 0) is 59.3 Å². The first kappa shape index (κ1) is 16.2. The van der Waals surface area contributed by atoms with Gasteiger partial charge < -0.3 is 0 Å². The number of nitrogens with zero attached hydrogens (tertiary/aromatic N) is 4. The Hall–Kier alpha value is -3.26. The molecule has 0 aliphatic heterocycles. The summed E-state index contributed by atoms with van der Waals surface area (Å²) in [6.45, 7) is 0. The number of fused-ring (bicyclic) bond motifs is 1. The lowest BCUT2D eigenvalue weighted by Crippen LogP contribution is -1.90. The average Bonchev–Trinajstić information content (AvgIpc) is 3.05. The molecule has 6 nitrogen and oxygen atoms in total. The number of hydrogen-bond donors (Lipinski definition) is 0. The Kier molecular flexibility index (Phi) is 4.10. The predicted molar refractivity (Wildman–Crippen MR) is 95.6 cm³/mol. The maximum Gasteiger partial charge on any atom is 0.269 e. The molecule has 0 N–H and O–H groups in total. The van der Waals surface area contributed by atoms with E-state index in [-0.39, 0.29) is 11.5 Å². The molecule has 0 aliphatic carbocycles. The van der Waals surface area contributed by atoms with Crippen molar-refractivity contribution >= 4 is 23.1 Å². The van der Waals surface area contributed by atoms with Crippen molar-refractivity contribution in [2.24, 2.45) is 0 Å². The SMILES string of the molecule is O=[N+]([O-])c1ccc(Sc2nnc3ccc(-c4ccc(F)cc4)cn23)cc1. The van der Waals surface area contributed by atoms with E-state index >= 15 is 0 Å². The third kappa shape index (κ3) is 3.14. The molecule has 0 saturated carbocycles. The second kappa shape index (κ2) is 6.57. The van der Waals surface area contributed by atoms with Crippen LogP contribution >= 0.6 is 11.8 Å². The van der Waals surface area contributed by atoms with Gasteiger partial charge in [0.1, 0.15) is 5.82 Å². The molecule has 2 heterocycles. The second-order valence-electron chi connectivity index (χ2n) is 5.49. The van der Waals surface area contributed by atoms with E-state index in [0.717, 1.165) is 16.0 Å². The number of halogens is 1. The molecular weight excluding hydrogens is 355 g/mol. The van der Waals surface area contributed by atoms with Crippen molar-refractivity contribution in [3.63, 3.8) is 0 Å². The lowest BCUT2D eigenvalue weighted by Gasteiger charge is -2.04. The van der Waals surface area contributed by atoms with E-state index in [1.807, 2.05) is 22.7 Å². The summed E-state index contributed by atoms with van der Waals surface area (Å²) in [5.41, 5.74) is 2.51. The van der Waals surface area contributed by atoms with E-state index in [1.165, 1.54) is 36.0 Å². The highest BCUT2D eigenvalue weighted by molar-refractivity contribution is 7.99. The van der Waals surface area contributed by atoms with Gasteiger partial charge in [0.05, 0.1) is 4.92 Å². The average molecular weight is 366 g/mol. The van der Waals surface area contributed by atoms with Crippen LogP contribution in [0.2, 0.25) is 0 Å². The molecule has 0 atom stereocenters. The Labute approximate surface area is 151 Å². The van der Waals surface area contributed by atoms with Gasteiger partial charge in [-0.25, -0.2) is 4.39 Å². The van der Waals surface area contributed by atoms with Crippen LogP contribution in [0.3, 0.4) is 0 Å². The molecule has 26 heavy (non-hydrogen) atoms. The van der Waals surface area contributed by atoms with E-state index in [4.69, 9.17) is 0 Å². The lowest BCUT2D eigenvalue weighted by atomic mass is 10.1. The standard InChI is InChI=1S/C18H11FN4O2S/c19-14-4-1-12(2-5-14)13-3-10-17-20-21-18(22(17)11-13)26-16-8-6-15(7-9-16)23(24)25/h1-11H. The molecule has 8 heteroatoms. The van der Waals surface area contributed by atoms with Crippen molar-refractivity contribution in [3.8, 4) is 11.1 Å². The third-order valence-corrected chi connectivity index (χ3v) is 4.77. The fourth-order valence-electron chi connectivity index (χ4n) is 2.49. The van der Waals surface area contributed by atoms with Crippen molar-refractivity contribution in [1.29, 1.82) is 0 Å². The molecule has 4 rings (SSSR count). The number of non-ortho nitro benzene ring substituents is 1. The number of aromatic nitrogens is 3. The molecule has 4 aromatic rings. The highest BCUT2D eigenvalue weighted by Crippen LogP contribution is 2.29. The normalized spacial score (nSPS) is 11.0.